The summed E-state index contributed by atoms with van der Waals surface area (Å²) in [6.07, 6.45) is 2.79. The van der Waals surface area contributed by atoms with Crippen LogP contribution in [-0.2, 0) is 14.2 Å². The number of methoxy groups -OCH3 is 1. The Kier molecular flexibility index (Phi) is 5.53. The van der Waals surface area contributed by atoms with Crippen molar-refractivity contribution in [1.82, 2.24) is 0 Å². The zero-order chi connectivity index (χ0) is 11.3. The van der Waals surface area contributed by atoms with Gasteiger partial charge < -0.3 is 19.9 Å². The summed E-state index contributed by atoms with van der Waals surface area (Å²) in [5, 5.41) is 0. The van der Waals surface area contributed by atoms with Crippen molar-refractivity contribution in [3.63, 3.8) is 0 Å². The van der Waals surface area contributed by atoms with Gasteiger partial charge in [-0.05, 0) is 26.7 Å². The minimum atomic E-state index is -0.0246. The number of hydrogen-bond acceptors (Lipinski definition) is 4. The van der Waals surface area contributed by atoms with Crippen LogP contribution in [0, 0.1) is 0 Å². The van der Waals surface area contributed by atoms with Crippen LogP contribution in [0.5, 0.6) is 0 Å². The molecule has 0 radical (unpaired) electrons. The minimum absolute atomic E-state index is 0.0246. The molecule has 90 valence electrons. The summed E-state index contributed by atoms with van der Waals surface area (Å²) in [6.45, 7) is 5.29. The topological polar surface area (TPSA) is 53.7 Å². The third-order valence-electron chi connectivity index (χ3n) is 2.58. The Morgan fingerprint density at radius 1 is 1.27 bits per heavy atom. The summed E-state index contributed by atoms with van der Waals surface area (Å²) in [7, 11) is 1.65. The predicted molar refractivity (Wildman–Crippen MR) is 58.8 cm³/mol. The number of ether oxygens (including phenoxy) is 3. The van der Waals surface area contributed by atoms with Gasteiger partial charge in [-0.3, -0.25) is 0 Å². The van der Waals surface area contributed by atoms with Crippen molar-refractivity contribution >= 4 is 0 Å². The van der Waals surface area contributed by atoms with Gasteiger partial charge in [0.15, 0.2) is 0 Å². The second kappa shape index (κ2) is 6.43. The van der Waals surface area contributed by atoms with Gasteiger partial charge in [0.05, 0.1) is 37.6 Å². The molecule has 15 heavy (non-hydrogen) atoms. The van der Waals surface area contributed by atoms with E-state index in [2.05, 4.69) is 13.8 Å². The van der Waals surface area contributed by atoms with E-state index >= 15 is 0 Å². The Bertz CT molecular complexity index is 167. The first-order chi connectivity index (χ1) is 7.11. The first kappa shape index (κ1) is 12.9. The summed E-state index contributed by atoms with van der Waals surface area (Å²) in [5.41, 5.74) is 5.79. The molecule has 3 unspecified atom stereocenters. The molecular weight excluding hydrogens is 194 g/mol. The van der Waals surface area contributed by atoms with Crippen LogP contribution in [0.1, 0.15) is 26.7 Å². The normalized spacial score (nSPS) is 34.0. The quantitative estimate of drug-likeness (QED) is 0.744. The van der Waals surface area contributed by atoms with Crippen LogP contribution in [0.2, 0.25) is 0 Å². The molecule has 1 rings (SSSR count). The maximum absolute atomic E-state index is 5.79. The zero-order valence-corrected chi connectivity index (χ0v) is 9.94. The molecule has 4 heteroatoms. The van der Waals surface area contributed by atoms with Crippen molar-refractivity contribution in [3.8, 4) is 0 Å². The SMILES string of the molecule is COCC(N)COC1CC(C)OC(C)C1. The van der Waals surface area contributed by atoms with Gasteiger partial charge in [-0.1, -0.05) is 0 Å². The van der Waals surface area contributed by atoms with Gasteiger partial charge in [0.2, 0.25) is 0 Å². The molecule has 1 fully saturated rings. The van der Waals surface area contributed by atoms with Gasteiger partial charge >= 0.3 is 0 Å². The van der Waals surface area contributed by atoms with Gasteiger partial charge in [0, 0.05) is 7.11 Å². The second-order valence-corrected chi connectivity index (χ2v) is 4.40. The zero-order valence-electron chi connectivity index (χ0n) is 9.94. The van der Waals surface area contributed by atoms with Crippen molar-refractivity contribution in [1.29, 1.82) is 0 Å². The lowest BCUT2D eigenvalue weighted by atomic mass is 10.0. The fourth-order valence-corrected chi connectivity index (χ4v) is 2.00. The van der Waals surface area contributed by atoms with E-state index in [0.29, 0.717) is 13.2 Å². The van der Waals surface area contributed by atoms with Crippen molar-refractivity contribution in [2.75, 3.05) is 20.3 Å². The lowest BCUT2D eigenvalue weighted by molar-refractivity contribution is -0.105. The predicted octanol–water partition coefficient (Wildman–Crippen LogP) is 0.933. The molecule has 0 aliphatic carbocycles. The van der Waals surface area contributed by atoms with Crippen LogP contribution in [0.4, 0.5) is 0 Å². The summed E-state index contributed by atoms with van der Waals surface area (Å²) in [5.74, 6) is 0. The monoisotopic (exact) mass is 217 g/mol. The van der Waals surface area contributed by atoms with E-state index in [-0.39, 0.29) is 24.4 Å². The Labute approximate surface area is 92.1 Å². The number of rotatable bonds is 5. The van der Waals surface area contributed by atoms with Gasteiger partial charge in [0.1, 0.15) is 0 Å². The molecule has 1 aliphatic heterocycles. The maximum atomic E-state index is 5.79. The highest BCUT2D eigenvalue weighted by Crippen LogP contribution is 2.21. The molecule has 2 N–H and O–H groups in total. The molecule has 0 amide bonds. The van der Waals surface area contributed by atoms with Gasteiger partial charge in [-0.2, -0.15) is 0 Å². The first-order valence-electron chi connectivity index (χ1n) is 5.63. The van der Waals surface area contributed by atoms with Crippen LogP contribution < -0.4 is 5.73 Å². The summed E-state index contributed by atoms with van der Waals surface area (Å²) < 4.78 is 16.3. The third kappa shape index (κ3) is 4.93. The van der Waals surface area contributed by atoms with E-state index < -0.39 is 0 Å². The number of hydrogen-bond donors (Lipinski definition) is 1. The average molecular weight is 217 g/mol. The summed E-state index contributed by atoms with van der Waals surface area (Å²) in [6, 6.07) is -0.0246. The summed E-state index contributed by atoms with van der Waals surface area (Å²) >= 11 is 0. The van der Waals surface area contributed by atoms with Crippen molar-refractivity contribution in [2.45, 2.75) is 51.0 Å². The molecule has 3 atom stereocenters. The molecule has 1 aliphatic rings. The van der Waals surface area contributed by atoms with Crippen LogP contribution >= 0.6 is 0 Å². The molecule has 0 aromatic rings. The molecule has 1 heterocycles. The Balaban J connectivity index is 2.20. The Morgan fingerprint density at radius 2 is 1.87 bits per heavy atom. The van der Waals surface area contributed by atoms with E-state index in [4.69, 9.17) is 19.9 Å². The average Bonchev–Trinajstić information content (AvgIpc) is 2.14. The standard InChI is InChI=1S/C11H23NO3/c1-8-4-11(5-9(2)15-8)14-7-10(12)6-13-3/h8-11H,4-7,12H2,1-3H3. The molecular formula is C11H23NO3. The van der Waals surface area contributed by atoms with Crippen LogP contribution in [0.15, 0.2) is 0 Å². The summed E-state index contributed by atoms with van der Waals surface area (Å²) in [4.78, 5) is 0. The van der Waals surface area contributed by atoms with Crippen LogP contribution in [0.3, 0.4) is 0 Å². The first-order valence-corrected chi connectivity index (χ1v) is 5.63. The lowest BCUT2D eigenvalue weighted by Crippen LogP contribution is -2.38. The van der Waals surface area contributed by atoms with Crippen molar-refractivity contribution < 1.29 is 14.2 Å². The maximum Gasteiger partial charge on any atom is 0.0643 e. The molecule has 0 spiro atoms. The smallest absolute Gasteiger partial charge is 0.0643 e. The Morgan fingerprint density at radius 3 is 2.40 bits per heavy atom. The third-order valence-corrected chi connectivity index (χ3v) is 2.58. The Hall–Kier alpha value is -0.160. The fraction of sp³-hybridized carbons (Fsp3) is 1.00. The highest BCUT2D eigenvalue weighted by molar-refractivity contribution is 4.74. The fourth-order valence-electron chi connectivity index (χ4n) is 2.00. The van der Waals surface area contributed by atoms with E-state index in [1.807, 2.05) is 0 Å². The van der Waals surface area contributed by atoms with Crippen LogP contribution in [0.25, 0.3) is 0 Å². The van der Waals surface area contributed by atoms with E-state index in [1.54, 1.807) is 7.11 Å². The van der Waals surface area contributed by atoms with E-state index in [9.17, 15) is 0 Å². The highest BCUT2D eigenvalue weighted by atomic mass is 16.5. The number of nitrogens with two attached hydrogens (primary N) is 1. The molecule has 4 nitrogen and oxygen atoms in total. The molecule has 0 aromatic heterocycles. The van der Waals surface area contributed by atoms with Crippen molar-refractivity contribution in [2.24, 2.45) is 5.73 Å². The van der Waals surface area contributed by atoms with Gasteiger partial charge in [-0.25, -0.2) is 0 Å². The highest BCUT2D eigenvalue weighted by Gasteiger charge is 2.25. The lowest BCUT2D eigenvalue weighted by Gasteiger charge is -2.32. The van der Waals surface area contributed by atoms with E-state index in [0.717, 1.165) is 12.8 Å². The largest absolute Gasteiger partial charge is 0.383 e. The molecule has 0 saturated carbocycles. The molecule has 1 saturated heterocycles. The molecule has 0 bridgehead atoms. The van der Waals surface area contributed by atoms with E-state index in [1.165, 1.54) is 0 Å². The van der Waals surface area contributed by atoms with Crippen molar-refractivity contribution in [3.05, 3.63) is 0 Å². The van der Waals surface area contributed by atoms with Gasteiger partial charge in [-0.15, -0.1) is 0 Å². The second-order valence-electron chi connectivity index (χ2n) is 4.40. The molecule has 0 aromatic carbocycles. The van der Waals surface area contributed by atoms with Crippen LogP contribution in [-0.4, -0.2) is 44.7 Å². The van der Waals surface area contributed by atoms with Gasteiger partial charge in [0.25, 0.3) is 0 Å². The minimum Gasteiger partial charge on any atom is -0.383 e.